The fourth-order valence-electron chi connectivity index (χ4n) is 1.90. The number of hydrogen-bond acceptors (Lipinski definition) is 2. The molecule has 96 valence electrons. The molecule has 0 aromatic heterocycles. The van der Waals surface area contributed by atoms with E-state index in [-0.39, 0.29) is 18.2 Å². The third-order valence-electron chi connectivity index (χ3n) is 2.30. The van der Waals surface area contributed by atoms with Crippen LogP contribution in [-0.4, -0.2) is 18.2 Å². The highest BCUT2D eigenvalue weighted by Crippen LogP contribution is 2.08. The maximum absolute atomic E-state index is 11.5. The lowest BCUT2D eigenvalue weighted by Crippen LogP contribution is -2.35. The topological polar surface area (TPSA) is 38.3 Å². The zero-order valence-electron chi connectivity index (χ0n) is 11.5. The van der Waals surface area contributed by atoms with E-state index in [0.29, 0.717) is 11.8 Å². The van der Waals surface area contributed by atoms with Gasteiger partial charge in [0.1, 0.15) is 6.10 Å². The minimum atomic E-state index is -0.290. The SMILES string of the molecule is CC(C)CC(C)NC(=O)OC(C)CC(C)C. The zero-order valence-corrected chi connectivity index (χ0v) is 11.5. The maximum atomic E-state index is 11.5. The molecule has 2 atom stereocenters. The molecule has 16 heavy (non-hydrogen) atoms. The van der Waals surface area contributed by atoms with Crippen LogP contribution >= 0.6 is 0 Å². The van der Waals surface area contributed by atoms with Gasteiger partial charge in [0, 0.05) is 6.04 Å². The Kier molecular flexibility index (Phi) is 7.18. The second-order valence-electron chi connectivity index (χ2n) is 5.52. The molecule has 0 spiro atoms. The molecule has 1 N–H and O–H groups in total. The Labute approximate surface area is 99.9 Å². The Morgan fingerprint density at radius 3 is 1.94 bits per heavy atom. The summed E-state index contributed by atoms with van der Waals surface area (Å²) < 4.78 is 5.26. The van der Waals surface area contributed by atoms with Crippen LogP contribution in [0.2, 0.25) is 0 Å². The molecule has 0 aliphatic rings. The first-order chi connectivity index (χ1) is 7.31. The van der Waals surface area contributed by atoms with Crippen LogP contribution < -0.4 is 5.32 Å². The molecule has 0 heterocycles. The average Bonchev–Trinajstić information content (AvgIpc) is 1.97. The van der Waals surface area contributed by atoms with Crippen molar-refractivity contribution in [3.8, 4) is 0 Å². The van der Waals surface area contributed by atoms with Crippen LogP contribution in [0.25, 0.3) is 0 Å². The number of nitrogens with one attached hydrogen (secondary N) is 1. The van der Waals surface area contributed by atoms with Gasteiger partial charge in [-0.05, 0) is 38.5 Å². The van der Waals surface area contributed by atoms with Crippen molar-refractivity contribution in [1.29, 1.82) is 0 Å². The highest BCUT2D eigenvalue weighted by atomic mass is 16.6. The molecular formula is C13H27NO2. The van der Waals surface area contributed by atoms with Crippen molar-refractivity contribution in [3.05, 3.63) is 0 Å². The largest absolute Gasteiger partial charge is 0.447 e. The molecule has 1 amide bonds. The van der Waals surface area contributed by atoms with Crippen LogP contribution in [0.3, 0.4) is 0 Å². The first-order valence-electron chi connectivity index (χ1n) is 6.28. The van der Waals surface area contributed by atoms with Gasteiger partial charge in [0.25, 0.3) is 0 Å². The van der Waals surface area contributed by atoms with Gasteiger partial charge in [0.2, 0.25) is 0 Å². The van der Waals surface area contributed by atoms with Gasteiger partial charge in [-0.25, -0.2) is 4.79 Å². The first kappa shape index (κ1) is 15.3. The number of rotatable bonds is 6. The normalized spacial score (nSPS) is 15.0. The van der Waals surface area contributed by atoms with Crippen molar-refractivity contribution in [2.75, 3.05) is 0 Å². The lowest BCUT2D eigenvalue weighted by molar-refractivity contribution is 0.0922. The predicted octanol–water partition coefficient (Wildman–Crippen LogP) is 3.58. The summed E-state index contributed by atoms with van der Waals surface area (Å²) in [6.07, 6.45) is 1.59. The summed E-state index contributed by atoms with van der Waals surface area (Å²) in [5.74, 6) is 1.14. The standard InChI is InChI=1S/C13H27NO2/c1-9(2)7-11(5)14-13(15)16-12(6)8-10(3)4/h9-12H,7-8H2,1-6H3,(H,14,15). The van der Waals surface area contributed by atoms with E-state index in [9.17, 15) is 4.79 Å². The molecule has 0 saturated heterocycles. The molecule has 0 radical (unpaired) electrons. The van der Waals surface area contributed by atoms with Gasteiger partial charge in [-0.1, -0.05) is 27.7 Å². The number of carbonyl (C=O) groups is 1. The van der Waals surface area contributed by atoms with E-state index in [1.807, 2.05) is 13.8 Å². The summed E-state index contributed by atoms with van der Waals surface area (Å²) in [5, 5.41) is 2.85. The van der Waals surface area contributed by atoms with E-state index in [0.717, 1.165) is 12.8 Å². The Bertz CT molecular complexity index is 182. The fourth-order valence-corrected chi connectivity index (χ4v) is 1.90. The molecule has 0 aliphatic heterocycles. The number of amides is 1. The zero-order chi connectivity index (χ0) is 12.7. The summed E-state index contributed by atoms with van der Waals surface area (Å²) in [6.45, 7) is 12.5. The van der Waals surface area contributed by atoms with E-state index in [1.165, 1.54) is 0 Å². The molecule has 2 unspecified atom stereocenters. The first-order valence-corrected chi connectivity index (χ1v) is 6.28. The van der Waals surface area contributed by atoms with Crippen molar-refractivity contribution >= 4 is 6.09 Å². The molecular weight excluding hydrogens is 202 g/mol. The molecule has 0 aromatic rings. The summed E-state index contributed by atoms with van der Waals surface area (Å²) in [7, 11) is 0. The average molecular weight is 229 g/mol. The minimum absolute atomic E-state index is 0.00810. The van der Waals surface area contributed by atoms with E-state index in [2.05, 4.69) is 33.0 Å². The van der Waals surface area contributed by atoms with E-state index >= 15 is 0 Å². The monoisotopic (exact) mass is 229 g/mol. The Morgan fingerprint density at radius 1 is 1.00 bits per heavy atom. The molecule has 0 bridgehead atoms. The number of hydrogen-bond donors (Lipinski definition) is 1. The second-order valence-corrected chi connectivity index (χ2v) is 5.52. The Morgan fingerprint density at radius 2 is 1.50 bits per heavy atom. The smallest absolute Gasteiger partial charge is 0.407 e. The van der Waals surface area contributed by atoms with Gasteiger partial charge in [0.05, 0.1) is 0 Å². The summed E-state index contributed by atoms with van der Waals surface area (Å²) in [4.78, 5) is 11.5. The van der Waals surface area contributed by atoms with E-state index in [4.69, 9.17) is 4.74 Å². The number of ether oxygens (including phenoxy) is 1. The fraction of sp³-hybridized carbons (Fsp3) is 0.923. The van der Waals surface area contributed by atoms with Crippen LogP contribution in [0.1, 0.15) is 54.4 Å². The lowest BCUT2D eigenvalue weighted by atomic mass is 10.1. The van der Waals surface area contributed by atoms with Crippen LogP contribution in [-0.2, 0) is 4.74 Å². The van der Waals surface area contributed by atoms with Crippen LogP contribution in [0, 0.1) is 11.8 Å². The lowest BCUT2D eigenvalue weighted by Gasteiger charge is -2.19. The van der Waals surface area contributed by atoms with Crippen molar-refractivity contribution in [1.82, 2.24) is 5.32 Å². The van der Waals surface area contributed by atoms with Gasteiger partial charge in [0.15, 0.2) is 0 Å². The Hall–Kier alpha value is -0.730. The molecule has 0 rings (SSSR count). The highest BCUT2D eigenvalue weighted by molar-refractivity contribution is 5.67. The van der Waals surface area contributed by atoms with Crippen molar-refractivity contribution in [2.24, 2.45) is 11.8 Å². The van der Waals surface area contributed by atoms with Crippen molar-refractivity contribution < 1.29 is 9.53 Å². The van der Waals surface area contributed by atoms with Gasteiger partial charge in [-0.2, -0.15) is 0 Å². The number of carbonyl (C=O) groups excluding carboxylic acids is 1. The maximum Gasteiger partial charge on any atom is 0.407 e. The van der Waals surface area contributed by atoms with Crippen molar-refractivity contribution in [3.63, 3.8) is 0 Å². The molecule has 0 aliphatic carbocycles. The quantitative estimate of drug-likeness (QED) is 0.756. The molecule has 0 fully saturated rings. The van der Waals surface area contributed by atoms with Gasteiger partial charge < -0.3 is 10.1 Å². The summed E-state index contributed by atoms with van der Waals surface area (Å²) in [5.41, 5.74) is 0. The summed E-state index contributed by atoms with van der Waals surface area (Å²) in [6, 6.07) is 0.179. The van der Waals surface area contributed by atoms with Crippen LogP contribution in [0.5, 0.6) is 0 Å². The molecule has 0 aromatic carbocycles. The predicted molar refractivity (Wildman–Crippen MR) is 67.5 cm³/mol. The Balaban J connectivity index is 3.80. The van der Waals surface area contributed by atoms with Gasteiger partial charge >= 0.3 is 6.09 Å². The number of alkyl carbamates (subject to hydrolysis) is 1. The van der Waals surface area contributed by atoms with Crippen LogP contribution in [0.4, 0.5) is 4.79 Å². The van der Waals surface area contributed by atoms with Crippen molar-refractivity contribution in [2.45, 2.75) is 66.5 Å². The highest BCUT2D eigenvalue weighted by Gasteiger charge is 2.13. The van der Waals surface area contributed by atoms with E-state index < -0.39 is 0 Å². The van der Waals surface area contributed by atoms with E-state index in [1.54, 1.807) is 0 Å². The molecule has 3 heteroatoms. The second kappa shape index (κ2) is 7.53. The third-order valence-corrected chi connectivity index (χ3v) is 2.30. The van der Waals surface area contributed by atoms with Gasteiger partial charge in [-0.15, -0.1) is 0 Å². The third kappa shape index (κ3) is 8.57. The molecule has 0 saturated carbocycles. The van der Waals surface area contributed by atoms with Crippen LogP contribution in [0.15, 0.2) is 0 Å². The molecule has 3 nitrogen and oxygen atoms in total. The minimum Gasteiger partial charge on any atom is -0.447 e. The summed E-state index contributed by atoms with van der Waals surface area (Å²) >= 11 is 0. The van der Waals surface area contributed by atoms with Gasteiger partial charge in [-0.3, -0.25) is 0 Å².